The molecule has 0 aliphatic rings. The SMILES string of the molecule is COCCNC(=O)CSc1nnc(-c2cccc(C)c2)n1CCOC. The maximum Gasteiger partial charge on any atom is 0.230 e. The van der Waals surface area contributed by atoms with E-state index in [1.54, 1.807) is 14.2 Å². The van der Waals surface area contributed by atoms with E-state index in [9.17, 15) is 4.79 Å². The Bertz CT molecular complexity index is 690. The Labute approximate surface area is 152 Å². The third-order valence-corrected chi connectivity index (χ3v) is 4.44. The van der Waals surface area contributed by atoms with Gasteiger partial charge in [-0.3, -0.25) is 9.36 Å². The Hall–Kier alpha value is -1.90. The maximum atomic E-state index is 11.9. The third kappa shape index (κ3) is 5.84. The number of aryl methyl sites for hydroxylation is 1. The van der Waals surface area contributed by atoms with Crippen molar-refractivity contribution >= 4 is 17.7 Å². The second-order valence-electron chi connectivity index (χ2n) is 5.45. The molecule has 2 rings (SSSR count). The number of methoxy groups -OCH3 is 2. The maximum absolute atomic E-state index is 11.9. The van der Waals surface area contributed by atoms with Crippen LogP contribution >= 0.6 is 11.8 Å². The fourth-order valence-electron chi connectivity index (χ4n) is 2.25. The molecule has 1 N–H and O–H groups in total. The Balaban J connectivity index is 2.11. The first-order valence-corrected chi connectivity index (χ1v) is 9.02. The summed E-state index contributed by atoms with van der Waals surface area (Å²) < 4.78 is 12.1. The molecule has 0 radical (unpaired) electrons. The molecule has 0 saturated heterocycles. The molecule has 2 aromatic rings. The molecular formula is C17H24N4O3S. The first kappa shape index (κ1) is 19.4. The van der Waals surface area contributed by atoms with Crippen LogP contribution in [0.1, 0.15) is 5.56 Å². The first-order chi connectivity index (χ1) is 12.2. The van der Waals surface area contributed by atoms with E-state index in [0.29, 0.717) is 31.5 Å². The van der Waals surface area contributed by atoms with Crippen LogP contribution in [0.5, 0.6) is 0 Å². The molecular weight excluding hydrogens is 340 g/mol. The quantitative estimate of drug-likeness (QED) is 0.511. The van der Waals surface area contributed by atoms with Crippen LogP contribution in [0.2, 0.25) is 0 Å². The van der Waals surface area contributed by atoms with Gasteiger partial charge in [-0.15, -0.1) is 10.2 Å². The van der Waals surface area contributed by atoms with Crippen molar-refractivity contribution in [3.63, 3.8) is 0 Å². The minimum Gasteiger partial charge on any atom is -0.383 e. The number of nitrogens with zero attached hydrogens (tertiary/aromatic N) is 3. The number of aromatic nitrogens is 3. The lowest BCUT2D eigenvalue weighted by Crippen LogP contribution is -2.28. The standard InChI is InChI=1S/C17H24N4O3S/c1-13-5-4-6-14(11-13)16-19-20-17(21(16)8-10-24-3)25-12-15(22)18-7-9-23-2/h4-6,11H,7-10,12H2,1-3H3,(H,18,22). The van der Waals surface area contributed by atoms with Gasteiger partial charge in [0.2, 0.25) is 5.91 Å². The average molecular weight is 364 g/mol. The van der Waals surface area contributed by atoms with E-state index in [1.165, 1.54) is 11.8 Å². The van der Waals surface area contributed by atoms with E-state index in [4.69, 9.17) is 9.47 Å². The smallest absolute Gasteiger partial charge is 0.230 e. The molecule has 0 fully saturated rings. The van der Waals surface area contributed by atoms with E-state index in [1.807, 2.05) is 29.7 Å². The monoisotopic (exact) mass is 364 g/mol. The molecule has 8 heteroatoms. The minimum atomic E-state index is -0.0551. The second-order valence-corrected chi connectivity index (χ2v) is 6.39. The van der Waals surface area contributed by atoms with Crippen LogP contribution in [0.25, 0.3) is 11.4 Å². The summed E-state index contributed by atoms with van der Waals surface area (Å²) in [6.07, 6.45) is 0. The van der Waals surface area contributed by atoms with Gasteiger partial charge in [-0.2, -0.15) is 0 Å². The van der Waals surface area contributed by atoms with Gasteiger partial charge in [0.05, 0.1) is 25.5 Å². The van der Waals surface area contributed by atoms with Gasteiger partial charge < -0.3 is 14.8 Å². The summed E-state index contributed by atoms with van der Waals surface area (Å²) in [5.74, 6) is 1.01. The zero-order valence-corrected chi connectivity index (χ0v) is 15.6. The van der Waals surface area contributed by atoms with Crippen molar-refractivity contribution in [3.8, 4) is 11.4 Å². The van der Waals surface area contributed by atoms with Gasteiger partial charge in [0, 0.05) is 26.3 Å². The van der Waals surface area contributed by atoms with Gasteiger partial charge in [0.25, 0.3) is 0 Å². The largest absolute Gasteiger partial charge is 0.383 e. The number of ether oxygens (including phenoxy) is 2. The van der Waals surface area contributed by atoms with Crippen LogP contribution in [0.3, 0.4) is 0 Å². The fraction of sp³-hybridized carbons (Fsp3) is 0.471. The van der Waals surface area contributed by atoms with Crippen molar-refractivity contribution in [1.82, 2.24) is 20.1 Å². The molecule has 0 aliphatic carbocycles. The van der Waals surface area contributed by atoms with Gasteiger partial charge >= 0.3 is 0 Å². The van der Waals surface area contributed by atoms with E-state index in [0.717, 1.165) is 17.0 Å². The molecule has 0 unspecified atom stereocenters. The molecule has 0 saturated carbocycles. The number of amides is 1. The Kier molecular flexibility index (Phi) is 7.90. The summed E-state index contributed by atoms with van der Waals surface area (Å²) >= 11 is 1.36. The average Bonchev–Trinajstić information content (AvgIpc) is 3.01. The highest BCUT2D eigenvalue weighted by Crippen LogP contribution is 2.24. The van der Waals surface area contributed by atoms with Gasteiger partial charge in [0.15, 0.2) is 11.0 Å². The van der Waals surface area contributed by atoms with Crippen LogP contribution < -0.4 is 5.32 Å². The number of hydrogen-bond donors (Lipinski definition) is 1. The van der Waals surface area contributed by atoms with E-state index in [2.05, 4.69) is 21.6 Å². The van der Waals surface area contributed by atoms with Gasteiger partial charge in [-0.25, -0.2) is 0 Å². The van der Waals surface area contributed by atoms with E-state index >= 15 is 0 Å². The topological polar surface area (TPSA) is 78.3 Å². The number of benzene rings is 1. The number of hydrogen-bond acceptors (Lipinski definition) is 6. The minimum absolute atomic E-state index is 0.0551. The predicted octanol–water partition coefficient (Wildman–Crippen LogP) is 1.75. The van der Waals surface area contributed by atoms with Gasteiger partial charge in [0.1, 0.15) is 0 Å². The number of carbonyl (C=O) groups excluding carboxylic acids is 1. The summed E-state index contributed by atoms with van der Waals surface area (Å²) in [5, 5.41) is 12.1. The van der Waals surface area contributed by atoms with E-state index in [-0.39, 0.29) is 11.7 Å². The molecule has 136 valence electrons. The van der Waals surface area contributed by atoms with Crippen LogP contribution in [-0.4, -0.2) is 60.4 Å². The molecule has 0 aliphatic heterocycles. The number of nitrogens with one attached hydrogen (secondary N) is 1. The molecule has 0 atom stereocenters. The highest BCUT2D eigenvalue weighted by molar-refractivity contribution is 7.99. The number of carbonyl (C=O) groups is 1. The van der Waals surface area contributed by atoms with Crippen LogP contribution in [0.4, 0.5) is 0 Å². The normalized spacial score (nSPS) is 10.8. The van der Waals surface area contributed by atoms with Crippen molar-refractivity contribution in [1.29, 1.82) is 0 Å². The molecule has 1 aromatic heterocycles. The Morgan fingerprint density at radius 1 is 1.24 bits per heavy atom. The third-order valence-electron chi connectivity index (χ3n) is 3.47. The second kappa shape index (κ2) is 10.2. The molecule has 25 heavy (non-hydrogen) atoms. The van der Waals surface area contributed by atoms with Crippen LogP contribution in [0, 0.1) is 6.92 Å². The molecule has 0 bridgehead atoms. The van der Waals surface area contributed by atoms with Crippen molar-refractivity contribution in [2.24, 2.45) is 0 Å². The number of thioether (sulfide) groups is 1. The van der Waals surface area contributed by atoms with Crippen molar-refractivity contribution in [3.05, 3.63) is 29.8 Å². The molecule has 1 amide bonds. The van der Waals surface area contributed by atoms with Crippen LogP contribution in [0.15, 0.2) is 29.4 Å². The van der Waals surface area contributed by atoms with Crippen LogP contribution in [-0.2, 0) is 20.8 Å². The Morgan fingerprint density at radius 2 is 2.04 bits per heavy atom. The molecule has 0 spiro atoms. The first-order valence-electron chi connectivity index (χ1n) is 8.03. The fourth-order valence-corrected chi connectivity index (χ4v) is 3.05. The van der Waals surface area contributed by atoms with Gasteiger partial charge in [-0.1, -0.05) is 35.5 Å². The lowest BCUT2D eigenvalue weighted by Gasteiger charge is -2.10. The summed E-state index contributed by atoms with van der Waals surface area (Å²) in [5.41, 5.74) is 2.16. The van der Waals surface area contributed by atoms with Crippen molar-refractivity contribution in [2.75, 3.05) is 39.7 Å². The summed E-state index contributed by atoms with van der Waals surface area (Å²) in [4.78, 5) is 11.9. The number of rotatable bonds is 10. The lowest BCUT2D eigenvalue weighted by molar-refractivity contribution is -0.118. The molecule has 1 heterocycles. The summed E-state index contributed by atoms with van der Waals surface area (Å²) in [6, 6.07) is 8.11. The highest BCUT2D eigenvalue weighted by atomic mass is 32.2. The predicted molar refractivity (Wildman–Crippen MR) is 97.7 cm³/mol. The Morgan fingerprint density at radius 3 is 2.76 bits per heavy atom. The highest BCUT2D eigenvalue weighted by Gasteiger charge is 2.15. The van der Waals surface area contributed by atoms with Gasteiger partial charge in [-0.05, 0) is 13.0 Å². The van der Waals surface area contributed by atoms with Crippen molar-refractivity contribution < 1.29 is 14.3 Å². The lowest BCUT2D eigenvalue weighted by atomic mass is 10.1. The summed E-state index contributed by atoms with van der Waals surface area (Å²) in [6.45, 7) is 4.21. The van der Waals surface area contributed by atoms with E-state index < -0.39 is 0 Å². The molecule has 1 aromatic carbocycles. The zero-order valence-electron chi connectivity index (χ0n) is 14.8. The van der Waals surface area contributed by atoms with Crippen molar-refractivity contribution in [2.45, 2.75) is 18.6 Å². The zero-order chi connectivity index (χ0) is 18.1. The summed E-state index contributed by atoms with van der Waals surface area (Å²) in [7, 11) is 3.26. The molecule has 7 nitrogen and oxygen atoms in total.